The number of ether oxygens (including phenoxy) is 1. The molecular weight excluding hydrogens is 382 g/mol. The summed E-state index contributed by atoms with van der Waals surface area (Å²) in [6.07, 6.45) is 1.81. The molecule has 8 heteroatoms. The van der Waals surface area contributed by atoms with Gasteiger partial charge < -0.3 is 19.4 Å². The van der Waals surface area contributed by atoms with E-state index in [1.807, 2.05) is 45.2 Å². The molecule has 0 unspecified atom stereocenters. The molecule has 1 N–H and O–H groups in total. The average molecular weight is 414 g/mol. The smallest absolute Gasteiger partial charge is 0.225 e. The van der Waals surface area contributed by atoms with Crippen LogP contribution in [0.25, 0.3) is 0 Å². The molecule has 0 aliphatic carbocycles. The summed E-state index contributed by atoms with van der Waals surface area (Å²) in [5.41, 5.74) is 0.925. The number of carbonyl (C=O) groups excluding carboxylic acids is 1. The predicted molar refractivity (Wildman–Crippen MR) is 113 cm³/mol. The molecule has 30 heavy (non-hydrogen) atoms. The second-order valence-corrected chi connectivity index (χ2v) is 8.46. The lowest BCUT2D eigenvalue weighted by Gasteiger charge is -2.27. The molecule has 0 spiro atoms. The molecule has 0 aromatic carbocycles. The van der Waals surface area contributed by atoms with Gasteiger partial charge in [-0.3, -0.25) is 9.69 Å². The molecule has 4 heterocycles. The Morgan fingerprint density at radius 1 is 1.23 bits per heavy atom. The highest BCUT2D eigenvalue weighted by atomic mass is 16.5. The number of likely N-dealkylation sites (tertiary alicyclic amines) is 1. The van der Waals surface area contributed by atoms with Crippen LogP contribution in [0.15, 0.2) is 28.8 Å². The molecule has 0 saturated carbocycles. The molecule has 2 atom stereocenters. The van der Waals surface area contributed by atoms with Crippen LogP contribution in [-0.2, 0) is 16.1 Å². The lowest BCUT2D eigenvalue weighted by atomic mass is 9.91. The third-order valence-corrected chi connectivity index (χ3v) is 5.68. The Bertz CT molecular complexity index is 862. The Morgan fingerprint density at radius 2 is 2.03 bits per heavy atom. The molecule has 2 aliphatic heterocycles. The van der Waals surface area contributed by atoms with Crippen molar-refractivity contribution >= 4 is 11.9 Å². The van der Waals surface area contributed by atoms with Gasteiger partial charge in [0.25, 0.3) is 0 Å². The fraction of sp³-hybridized carbons (Fsp3) is 0.591. The second kappa shape index (κ2) is 9.14. The molecule has 4 rings (SSSR count). The lowest BCUT2D eigenvalue weighted by Crippen LogP contribution is -2.39. The van der Waals surface area contributed by atoms with Gasteiger partial charge in [0.05, 0.1) is 31.4 Å². The van der Waals surface area contributed by atoms with E-state index < -0.39 is 0 Å². The summed E-state index contributed by atoms with van der Waals surface area (Å²) in [6.45, 7) is 11.0. The van der Waals surface area contributed by atoms with Crippen LogP contribution in [-0.4, -0.2) is 66.2 Å². The fourth-order valence-corrected chi connectivity index (χ4v) is 4.25. The highest BCUT2D eigenvalue weighted by Gasteiger charge is 2.40. The summed E-state index contributed by atoms with van der Waals surface area (Å²) in [5, 5.41) is 3.09. The van der Waals surface area contributed by atoms with Crippen LogP contribution in [0.5, 0.6) is 0 Å². The number of morpholine rings is 1. The van der Waals surface area contributed by atoms with Crippen molar-refractivity contribution in [3.8, 4) is 0 Å². The molecule has 2 aromatic rings. The van der Waals surface area contributed by atoms with E-state index in [0.29, 0.717) is 26.3 Å². The number of rotatable bonds is 6. The van der Waals surface area contributed by atoms with E-state index in [4.69, 9.17) is 14.1 Å². The van der Waals surface area contributed by atoms with Gasteiger partial charge in [0.2, 0.25) is 11.9 Å². The summed E-state index contributed by atoms with van der Waals surface area (Å²) in [6, 6.07) is 6.04. The Kier molecular flexibility index (Phi) is 6.34. The molecule has 2 fully saturated rings. The number of aryl methyl sites for hydroxylation is 1. The minimum absolute atomic E-state index is 0.0163. The van der Waals surface area contributed by atoms with Crippen molar-refractivity contribution in [3.05, 3.63) is 41.6 Å². The van der Waals surface area contributed by atoms with Gasteiger partial charge in [0, 0.05) is 44.3 Å². The largest absolute Gasteiger partial charge is 0.465 e. The Hall–Kier alpha value is -2.45. The topological polar surface area (TPSA) is 83.7 Å². The van der Waals surface area contributed by atoms with Gasteiger partial charge in [-0.2, -0.15) is 0 Å². The highest BCUT2D eigenvalue weighted by Crippen LogP contribution is 2.33. The zero-order valence-electron chi connectivity index (χ0n) is 18.0. The van der Waals surface area contributed by atoms with Crippen molar-refractivity contribution in [2.75, 3.05) is 44.3 Å². The SMILES string of the molecule is Cc1ccc(CN2C[C@H](C(=O)NC(C)C)[C@@H](c3ccnc(N4CCOCC4)n3)C2)o1. The van der Waals surface area contributed by atoms with Crippen LogP contribution < -0.4 is 10.2 Å². The molecular formula is C22H31N5O3. The van der Waals surface area contributed by atoms with Crippen LogP contribution >= 0.6 is 0 Å². The molecule has 2 saturated heterocycles. The van der Waals surface area contributed by atoms with Crippen molar-refractivity contribution in [1.29, 1.82) is 0 Å². The first-order valence-electron chi connectivity index (χ1n) is 10.7. The normalized spacial score (nSPS) is 22.6. The number of nitrogens with one attached hydrogen (secondary N) is 1. The number of hydrogen-bond donors (Lipinski definition) is 1. The van der Waals surface area contributed by atoms with Crippen molar-refractivity contribution < 1.29 is 13.9 Å². The lowest BCUT2D eigenvalue weighted by molar-refractivity contribution is -0.125. The Morgan fingerprint density at radius 3 is 2.73 bits per heavy atom. The maximum atomic E-state index is 13.0. The molecule has 0 bridgehead atoms. The van der Waals surface area contributed by atoms with Gasteiger partial charge in [0.1, 0.15) is 11.5 Å². The van der Waals surface area contributed by atoms with E-state index in [9.17, 15) is 4.79 Å². The first-order valence-corrected chi connectivity index (χ1v) is 10.7. The van der Waals surface area contributed by atoms with Crippen LogP contribution in [0.2, 0.25) is 0 Å². The number of amides is 1. The van der Waals surface area contributed by atoms with Crippen LogP contribution in [0.4, 0.5) is 5.95 Å². The summed E-state index contributed by atoms with van der Waals surface area (Å²) in [4.78, 5) is 26.8. The minimum Gasteiger partial charge on any atom is -0.465 e. The van der Waals surface area contributed by atoms with Gasteiger partial charge in [0.15, 0.2) is 0 Å². The van der Waals surface area contributed by atoms with Crippen molar-refractivity contribution in [1.82, 2.24) is 20.2 Å². The van der Waals surface area contributed by atoms with Crippen molar-refractivity contribution in [3.63, 3.8) is 0 Å². The second-order valence-electron chi connectivity index (χ2n) is 8.46. The Balaban J connectivity index is 1.55. The zero-order chi connectivity index (χ0) is 21.1. The number of carbonyl (C=O) groups is 1. The molecule has 0 radical (unpaired) electrons. The third kappa shape index (κ3) is 4.82. The van der Waals surface area contributed by atoms with E-state index in [2.05, 4.69) is 20.1 Å². The maximum Gasteiger partial charge on any atom is 0.225 e. The molecule has 2 aliphatic rings. The quantitative estimate of drug-likeness (QED) is 0.775. The monoisotopic (exact) mass is 413 g/mol. The number of hydrogen-bond acceptors (Lipinski definition) is 7. The van der Waals surface area contributed by atoms with E-state index >= 15 is 0 Å². The Labute approximate surface area is 177 Å². The number of nitrogens with zero attached hydrogens (tertiary/aromatic N) is 4. The molecule has 2 aromatic heterocycles. The minimum atomic E-state index is -0.157. The first-order chi connectivity index (χ1) is 14.5. The fourth-order valence-electron chi connectivity index (χ4n) is 4.25. The average Bonchev–Trinajstić information content (AvgIpc) is 3.35. The highest BCUT2D eigenvalue weighted by molar-refractivity contribution is 5.80. The first kappa shape index (κ1) is 20.8. The molecule has 1 amide bonds. The molecule has 162 valence electrons. The van der Waals surface area contributed by atoms with Gasteiger partial charge >= 0.3 is 0 Å². The van der Waals surface area contributed by atoms with Crippen LogP contribution in [0, 0.1) is 12.8 Å². The summed E-state index contributed by atoms with van der Waals surface area (Å²) < 4.78 is 11.2. The third-order valence-electron chi connectivity index (χ3n) is 5.68. The van der Waals surface area contributed by atoms with Crippen molar-refractivity contribution in [2.45, 2.75) is 39.3 Å². The maximum absolute atomic E-state index is 13.0. The summed E-state index contributed by atoms with van der Waals surface area (Å²) in [5.74, 6) is 2.49. The van der Waals surface area contributed by atoms with Crippen LogP contribution in [0.3, 0.4) is 0 Å². The zero-order valence-corrected chi connectivity index (χ0v) is 18.0. The van der Waals surface area contributed by atoms with Gasteiger partial charge in [-0.05, 0) is 39.0 Å². The van der Waals surface area contributed by atoms with E-state index in [1.165, 1.54) is 0 Å². The van der Waals surface area contributed by atoms with Gasteiger partial charge in [-0.25, -0.2) is 9.97 Å². The van der Waals surface area contributed by atoms with E-state index in [1.54, 1.807) is 0 Å². The summed E-state index contributed by atoms with van der Waals surface area (Å²) in [7, 11) is 0. The van der Waals surface area contributed by atoms with E-state index in [0.717, 1.165) is 42.8 Å². The number of anilines is 1. The van der Waals surface area contributed by atoms with Crippen molar-refractivity contribution in [2.24, 2.45) is 5.92 Å². The predicted octanol–water partition coefficient (Wildman–Crippen LogP) is 1.95. The number of aromatic nitrogens is 2. The summed E-state index contributed by atoms with van der Waals surface area (Å²) >= 11 is 0. The van der Waals surface area contributed by atoms with E-state index in [-0.39, 0.29) is 23.8 Å². The van der Waals surface area contributed by atoms with Gasteiger partial charge in [-0.1, -0.05) is 0 Å². The standard InChI is InChI=1S/C22H31N5O3/c1-15(2)24-21(28)19-14-26(12-17-5-4-16(3)30-17)13-18(19)20-6-7-23-22(25-20)27-8-10-29-11-9-27/h4-7,15,18-19H,8-14H2,1-3H3,(H,24,28)/t18-,19-/m0/s1. The van der Waals surface area contributed by atoms with Crippen LogP contribution in [0.1, 0.15) is 37.0 Å². The van der Waals surface area contributed by atoms with Gasteiger partial charge in [-0.15, -0.1) is 0 Å². The molecule has 8 nitrogen and oxygen atoms in total. The number of furan rings is 1.